The summed E-state index contributed by atoms with van der Waals surface area (Å²) in [4.78, 5) is 16.0. The highest BCUT2D eigenvalue weighted by Gasteiger charge is 2.20. The minimum atomic E-state index is -0.164. The minimum Gasteiger partial charge on any atom is -0.396 e. The largest absolute Gasteiger partial charge is 0.396 e. The maximum absolute atomic E-state index is 11.9. The molecule has 0 aromatic carbocycles. The Morgan fingerprint density at radius 1 is 1.29 bits per heavy atom. The van der Waals surface area contributed by atoms with Crippen molar-refractivity contribution in [2.45, 2.75) is 13.8 Å². The van der Waals surface area contributed by atoms with E-state index in [2.05, 4.69) is 17.3 Å². The molecule has 0 atom stereocenters. The number of aliphatic hydroxyl groups is 1. The molecule has 2 N–H and O–H groups in total. The van der Waals surface area contributed by atoms with Crippen LogP contribution >= 0.6 is 0 Å². The number of piperazine rings is 1. The van der Waals surface area contributed by atoms with Gasteiger partial charge in [-0.3, -0.25) is 4.79 Å². The average molecular weight is 243 g/mol. The van der Waals surface area contributed by atoms with E-state index in [1.165, 1.54) is 0 Å². The molecule has 0 aliphatic carbocycles. The maximum Gasteiger partial charge on any atom is 0.236 e. The standard InChI is InChI=1S/C12H25N3O2/c1-12(2,10-16)9-13-8-11(17)15-6-4-14(3)5-7-15/h13,16H,4-10H2,1-3H3. The van der Waals surface area contributed by atoms with Crippen molar-refractivity contribution in [1.29, 1.82) is 0 Å². The fourth-order valence-electron chi connectivity index (χ4n) is 1.73. The quantitative estimate of drug-likeness (QED) is 0.675. The Bertz CT molecular complexity index is 248. The first-order valence-corrected chi connectivity index (χ1v) is 6.22. The van der Waals surface area contributed by atoms with E-state index in [4.69, 9.17) is 5.11 Å². The number of carbonyl (C=O) groups excluding carboxylic acids is 1. The maximum atomic E-state index is 11.9. The first-order valence-electron chi connectivity index (χ1n) is 6.22. The molecule has 100 valence electrons. The smallest absolute Gasteiger partial charge is 0.236 e. The molecular formula is C12H25N3O2. The fourth-order valence-corrected chi connectivity index (χ4v) is 1.73. The second-order valence-corrected chi connectivity index (χ2v) is 5.61. The molecule has 5 heteroatoms. The van der Waals surface area contributed by atoms with Gasteiger partial charge in [0.15, 0.2) is 0 Å². The van der Waals surface area contributed by atoms with E-state index >= 15 is 0 Å². The molecule has 0 aromatic heterocycles. The third kappa shape index (κ3) is 5.02. The summed E-state index contributed by atoms with van der Waals surface area (Å²) in [6, 6.07) is 0. The van der Waals surface area contributed by atoms with Gasteiger partial charge < -0.3 is 20.2 Å². The molecular weight excluding hydrogens is 218 g/mol. The lowest BCUT2D eigenvalue weighted by Gasteiger charge is -2.32. The summed E-state index contributed by atoms with van der Waals surface area (Å²) in [5, 5.41) is 12.2. The van der Waals surface area contributed by atoms with Gasteiger partial charge in [0.2, 0.25) is 5.91 Å². The van der Waals surface area contributed by atoms with Crippen LogP contribution in [0.2, 0.25) is 0 Å². The van der Waals surface area contributed by atoms with Crippen molar-refractivity contribution in [3.8, 4) is 0 Å². The number of nitrogens with one attached hydrogen (secondary N) is 1. The Hall–Kier alpha value is -0.650. The second-order valence-electron chi connectivity index (χ2n) is 5.61. The zero-order valence-corrected chi connectivity index (χ0v) is 11.2. The summed E-state index contributed by atoms with van der Waals surface area (Å²) in [5.74, 6) is 0.159. The third-order valence-electron chi connectivity index (χ3n) is 3.16. The Labute approximate surface area is 104 Å². The predicted molar refractivity (Wildman–Crippen MR) is 67.8 cm³/mol. The molecule has 1 fully saturated rings. The summed E-state index contributed by atoms with van der Waals surface area (Å²) in [7, 11) is 2.07. The summed E-state index contributed by atoms with van der Waals surface area (Å²) in [5.41, 5.74) is -0.164. The van der Waals surface area contributed by atoms with Crippen LogP contribution in [0.1, 0.15) is 13.8 Å². The molecule has 0 spiro atoms. The van der Waals surface area contributed by atoms with Crippen LogP contribution in [-0.2, 0) is 4.79 Å². The highest BCUT2D eigenvalue weighted by molar-refractivity contribution is 5.78. The summed E-state index contributed by atoms with van der Waals surface area (Å²) < 4.78 is 0. The number of amides is 1. The zero-order valence-electron chi connectivity index (χ0n) is 11.2. The Morgan fingerprint density at radius 3 is 2.41 bits per heavy atom. The van der Waals surface area contributed by atoms with Gasteiger partial charge in [-0.25, -0.2) is 0 Å². The highest BCUT2D eigenvalue weighted by Crippen LogP contribution is 2.10. The number of aliphatic hydroxyl groups excluding tert-OH is 1. The van der Waals surface area contributed by atoms with E-state index < -0.39 is 0 Å². The average Bonchev–Trinajstić information content (AvgIpc) is 2.29. The molecule has 5 nitrogen and oxygen atoms in total. The van der Waals surface area contributed by atoms with Gasteiger partial charge in [0.1, 0.15) is 0 Å². The van der Waals surface area contributed by atoms with Crippen molar-refractivity contribution in [2.75, 3.05) is 52.9 Å². The molecule has 1 amide bonds. The molecule has 1 heterocycles. The monoisotopic (exact) mass is 243 g/mol. The SMILES string of the molecule is CN1CCN(C(=O)CNCC(C)(C)CO)CC1. The number of nitrogens with zero attached hydrogens (tertiary/aromatic N) is 2. The minimum absolute atomic E-state index is 0.128. The number of rotatable bonds is 5. The number of likely N-dealkylation sites (N-methyl/N-ethyl adjacent to an activating group) is 1. The van der Waals surface area contributed by atoms with Crippen molar-refractivity contribution < 1.29 is 9.90 Å². The van der Waals surface area contributed by atoms with Crippen molar-refractivity contribution in [3.63, 3.8) is 0 Å². The van der Waals surface area contributed by atoms with E-state index in [-0.39, 0.29) is 17.9 Å². The molecule has 17 heavy (non-hydrogen) atoms. The number of hydrogen-bond donors (Lipinski definition) is 2. The van der Waals surface area contributed by atoms with Gasteiger partial charge >= 0.3 is 0 Å². The highest BCUT2D eigenvalue weighted by atomic mass is 16.3. The zero-order chi connectivity index (χ0) is 12.9. The van der Waals surface area contributed by atoms with Crippen LogP contribution in [0.4, 0.5) is 0 Å². The van der Waals surface area contributed by atoms with E-state index in [1.54, 1.807) is 0 Å². The van der Waals surface area contributed by atoms with Gasteiger partial charge in [-0.2, -0.15) is 0 Å². The second kappa shape index (κ2) is 6.33. The molecule has 0 unspecified atom stereocenters. The third-order valence-corrected chi connectivity index (χ3v) is 3.16. The van der Waals surface area contributed by atoms with Gasteiger partial charge in [-0.15, -0.1) is 0 Å². The van der Waals surface area contributed by atoms with Crippen LogP contribution in [0, 0.1) is 5.41 Å². The molecule has 1 saturated heterocycles. The van der Waals surface area contributed by atoms with Crippen LogP contribution in [0.5, 0.6) is 0 Å². The Kier molecular flexibility index (Phi) is 5.36. The lowest BCUT2D eigenvalue weighted by Crippen LogP contribution is -2.50. The summed E-state index contributed by atoms with van der Waals surface area (Å²) >= 11 is 0. The van der Waals surface area contributed by atoms with Gasteiger partial charge in [0.25, 0.3) is 0 Å². The van der Waals surface area contributed by atoms with Crippen molar-refractivity contribution in [3.05, 3.63) is 0 Å². The molecule has 0 saturated carbocycles. The first-order chi connectivity index (χ1) is 7.94. The van der Waals surface area contributed by atoms with Crippen molar-refractivity contribution in [2.24, 2.45) is 5.41 Å². The van der Waals surface area contributed by atoms with Crippen molar-refractivity contribution >= 4 is 5.91 Å². The van der Waals surface area contributed by atoms with Gasteiger partial charge in [0, 0.05) is 44.7 Å². The number of carbonyl (C=O) groups is 1. The van der Waals surface area contributed by atoms with Crippen LogP contribution in [0.25, 0.3) is 0 Å². The van der Waals surface area contributed by atoms with E-state index in [9.17, 15) is 4.79 Å². The van der Waals surface area contributed by atoms with E-state index in [1.807, 2.05) is 18.7 Å². The van der Waals surface area contributed by atoms with E-state index in [0.717, 1.165) is 26.2 Å². The fraction of sp³-hybridized carbons (Fsp3) is 0.917. The molecule has 0 bridgehead atoms. The van der Waals surface area contributed by atoms with Crippen molar-refractivity contribution in [1.82, 2.24) is 15.1 Å². The molecule has 0 radical (unpaired) electrons. The summed E-state index contributed by atoms with van der Waals surface area (Å²) in [6.07, 6.45) is 0. The topological polar surface area (TPSA) is 55.8 Å². The Balaban J connectivity index is 2.21. The molecule has 1 rings (SSSR count). The molecule has 1 aliphatic heterocycles. The van der Waals surface area contributed by atoms with Crippen LogP contribution in [0.3, 0.4) is 0 Å². The first kappa shape index (κ1) is 14.4. The van der Waals surface area contributed by atoms with Gasteiger partial charge in [0.05, 0.1) is 6.54 Å². The van der Waals surface area contributed by atoms with Crippen LogP contribution < -0.4 is 5.32 Å². The normalized spacial score (nSPS) is 18.5. The lowest BCUT2D eigenvalue weighted by molar-refractivity contribution is -0.131. The van der Waals surface area contributed by atoms with Gasteiger partial charge in [-0.1, -0.05) is 13.8 Å². The molecule has 1 aliphatic rings. The Morgan fingerprint density at radius 2 is 1.88 bits per heavy atom. The lowest BCUT2D eigenvalue weighted by atomic mass is 9.95. The van der Waals surface area contributed by atoms with Crippen LogP contribution in [-0.4, -0.2) is 73.7 Å². The van der Waals surface area contributed by atoms with E-state index in [0.29, 0.717) is 13.1 Å². The molecule has 0 aromatic rings. The summed E-state index contributed by atoms with van der Waals surface area (Å²) in [6.45, 7) is 8.64. The number of hydrogen-bond acceptors (Lipinski definition) is 4. The van der Waals surface area contributed by atoms with Crippen LogP contribution in [0.15, 0.2) is 0 Å². The van der Waals surface area contributed by atoms with Gasteiger partial charge in [-0.05, 0) is 7.05 Å². The predicted octanol–water partition coefficient (Wildman–Crippen LogP) is -0.631.